The summed E-state index contributed by atoms with van der Waals surface area (Å²) in [5.74, 6) is 1.49. The number of hydrogen-bond acceptors (Lipinski definition) is 3. The van der Waals surface area contributed by atoms with E-state index in [-0.39, 0.29) is 29.5 Å². The summed E-state index contributed by atoms with van der Waals surface area (Å²) >= 11 is 0. The quantitative estimate of drug-likeness (QED) is 0.402. The average Bonchev–Trinajstić information content (AvgIpc) is 3.22. The lowest BCUT2D eigenvalue weighted by atomic mass is 9.94. The standard InChI is InChI=1S/C19H30N4O.HI/c1-20-18(21-12-15-8-9-24-13-15)22-14-19(23(2)3)10-16-6-4-5-7-17(16)11-19;/h4-7,15H,8-14H2,1-3H3,(H2,20,21,22);1H. The van der Waals surface area contributed by atoms with Crippen LogP contribution in [0, 0.1) is 5.92 Å². The van der Waals surface area contributed by atoms with Crippen LogP contribution in [0.15, 0.2) is 29.3 Å². The second kappa shape index (κ2) is 9.19. The van der Waals surface area contributed by atoms with E-state index in [0.29, 0.717) is 5.92 Å². The second-order valence-corrected chi connectivity index (χ2v) is 7.28. The molecule has 1 unspecified atom stereocenters. The maximum absolute atomic E-state index is 5.44. The van der Waals surface area contributed by atoms with Gasteiger partial charge in [-0.3, -0.25) is 4.99 Å². The normalized spacial score (nSPS) is 21.8. The van der Waals surface area contributed by atoms with E-state index in [2.05, 4.69) is 58.9 Å². The molecule has 3 rings (SSSR count). The van der Waals surface area contributed by atoms with Crippen LogP contribution in [0.5, 0.6) is 0 Å². The zero-order valence-electron chi connectivity index (χ0n) is 15.5. The number of benzene rings is 1. The van der Waals surface area contributed by atoms with Crippen LogP contribution in [0.2, 0.25) is 0 Å². The van der Waals surface area contributed by atoms with Crippen molar-refractivity contribution in [2.75, 3.05) is 47.4 Å². The summed E-state index contributed by atoms with van der Waals surface area (Å²) in [6.07, 6.45) is 3.30. The summed E-state index contributed by atoms with van der Waals surface area (Å²) < 4.78 is 5.44. The van der Waals surface area contributed by atoms with Gasteiger partial charge < -0.3 is 20.3 Å². The first-order chi connectivity index (χ1) is 11.6. The molecule has 1 atom stereocenters. The molecular formula is C19H31IN4O. The zero-order valence-corrected chi connectivity index (χ0v) is 17.9. The maximum Gasteiger partial charge on any atom is 0.191 e. The number of likely N-dealkylation sites (N-methyl/N-ethyl adjacent to an activating group) is 1. The van der Waals surface area contributed by atoms with Crippen LogP contribution in [-0.2, 0) is 17.6 Å². The molecule has 0 radical (unpaired) electrons. The largest absolute Gasteiger partial charge is 0.381 e. The van der Waals surface area contributed by atoms with Crippen LogP contribution >= 0.6 is 24.0 Å². The fourth-order valence-electron chi connectivity index (χ4n) is 3.73. The molecule has 140 valence electrons. The van der Waals surface area contributed by atoms with Gasteiger partial charge in [0.1, 0.15) is 0 Å². The molecule has 2 aliphatic rings. The lowest BCUT2D eigenvalue weighted by molar-refractivity contribution is 0.164. The second-order valence-electron chi connectivity index (χ2n) is 7.28. The summed E-state index contributed by atoms with van der Waals surface area (Å²) in [5.41, 5.74) is 3.05. The third kappa shape index (κ3) is 4.86. The van der Waals surface area contributed by atoms with Crippen molar-refractivity contribution in [1.82, 2.24) is 15.5 Å². The van der Waals surface area contributed by atoms with Gasteiger partial charge in [0.15, 0.2) is 5.96 Å². The van der Waals surface area contributed by atoms with E-state index in [0.717, 1.165) is 51.5 Å². The molecule has 25 heavy (non-hydrogen) atoms. The topological polar surface area (TPSA) is 48.9 Å². The van der Waals surface area contributed by atoms with Crippen molar-refractivity contribution in [3.05, 3.63) is 35.4 Å². The van der Waals surface area contributed by atoms with Crippen molar-refractivity contribution >= 4 is 29.9 Å². The van der Waals surface area contributed by atoms with Gasteiger partial charge >= 0.3 is 0 Å². The van der Waals surface area contributed by atoms with E-state index in [9.17, 15) is 0 Å². The first kappa shape index (κ1) is 20.5. The van der Waals surface area contributed by atoms with Crippen molar-refractivity contribution in [2.45, 2.75) is 24.8 Å². The van der Waals surface area contributed by atoms with Crippen molar-refractivity contribution in [1.29, 1.82) is 0 Å². The Hall–Kier alpha value is -0.860. The van der Waals surface area contributed by atoms with Gasteiger partial charge in [0.25, 0.3) is 0 Å². The molecule has 0 bridgehead atoms. The highest BCUT2D eigenvalue weighted by molar-refractivity contribution is 14.0. The van der Waals surface area contributed by atoms with Crippen molar-refractivity contribution in [3.63, 3.8) is 0 Å². The Kier molecular flexibility index (Phi) is 7.51. The predicted octanol–water partition coefficient (Wildman–Crippen LogP) is 1.91. The highest BCUT2D eigenvalue weighted by Gasteiger charge is 2.39. The molecule has 1 aliphatic carbocycles. The Morgan fingerprint density at radius 1 is 1.24 bits per heavy atom. The fourth-order valence-corrected chi connectivity index (χ4v) is 3.73. The number of aliphatic imine (C=N–C) groups is 1. The molecule has 0 aromatic heterocycles. The van der Waals surface area contributed by atoms with Gasteiger partial charge in [-0.25, -0.2) is 0 Å². The van der Waals surface area contributed by atoms with Crippen LogP contribution in [0.3, 0.4) is 0 Å². The Morgan fingerprint density at radius 2 is 1.92 bits per heavy atom. The number of rotatable bonds is 5. The molecule has 6 heteroatoms. The molecule has 0 saturated carbocycles. The number of fused-ring (bicyclic) bond motifs is 1. The Labute approximate surface area is 168 Å². The predicted molar refractivity (Wildman–Crippen MR) is 114 cm³/mol. The van der Waals surface area contributed by atoms with E-state index in [1.165, 1.54) is 11.1 Å². The van der Waals surface area contributed by atoms with Crippen LogP contribution in [0.25, 0.3) is 0 Å². The minimum Gasteiger partial charge on any atom is -0.381 e. The Bertz CT molecular complexity index is 560. The highest BCUT2D eigenvalue weighted by Crippen LogP contribution is 2.32. The van der Waals surface area contributed by atoms with Crippen LogP contribution in [0.1, 0.15) is 17.5 Å². The Balaban J connectivity index is 0.00000225. The van der Waals surface area contributed by atoms with Gasteiger partial charge in [-0.15, -0.1) is 24.0 Å². The number of hydrogen-bond donors (Lipinski definition) is 2. The third-order valence-electron chi connectivity index (χ3n) is 5.50. The molecule has 1 aliphatic heterocycles. The summed E-state index contributed by atoms with van der Waals surface area (Å²) in [5, 5.41) is 7.00. The van der Waals surface area contributed by atoms with Gasteiger partial charge in [-0.05, 0) is 44.5 Å². The minimum absolute atomic E-state index is 0. The molecule has 2 N–H and O–H groups in total. The minimum atomic E-state index is 0. The summed E-state index contributed by atoms with van der Waals surface area (Å²) in [6, 6.07) is 8.80. The van der Waals surface area contributed by atoms with E-state index >= 15 is 0 Å². The van der Waals surface area contributed by atoms with E-state index in [1.807, 2.05) is 7.05 Å². The molecule has 1 aromatic carbocycles. The third-order valence-corrected chi connectivity index (χ3v) is 5.50. The Morgan fingerprint density at radius 3 is 2.44 bits per heavy atom. The SMILES string of the molecule is CN=C(NCC1CCOC1)NCC1(N(C)C)Cc2ccccc2C1.I. The molecule has 1 aromatic rings. The smallest absolute Gasteiger partial charge is 0.191 e. The van der Waals surface area contributed by atoms with E-state index < -0.39 is 0 Å². The molecule has 0 spiro atoms. The fraction of sp³-hybridized carbons (Fsp3) is 0.632. The molecule has 1 saturated heterocycles. The van der Waals surface area contributed by atoms with Crippen LogP contribution < -0.4 is 10.6 Å². The van der Waals surface area contributed by atoms with Gasteiger partial charge in [-0.2, -0.15) is 0 Å². The van der Waals surface area contributed by atoms with E-state index in [1.54, 1.807) is 0 Å². The first-order valence-electron chi connectivity index (χ1n) is 8.89. The number of nitrogens with one attached hydrogen (secondary N) is 2. The maximum atomic E-state index is 5.44. The lowest BCUT2D eigenvalue weighted by Gasteiger charge is -2.37. The summed E-state index contributed by atoms with van der Waals surface area (Å²) in [6.45, 7) is 3.56. The molecule has 1 fully saturated rings. The van der Waals surface area contributed by atoms with Gasteiger partial charge in [-0.1, -0.05) is 24.3 Å². The van der Waals surface area contributed by atoms with Crippen molar-refractivity contribution in [2.24, 2.45) is 10.9 Å². The zero-order chi connectivity index (χ0) is 17.0. The summed E-state index contributed by atoms with van der Waals surface area (Å²) in [7, 11) is 6.20. The monoisotopic (exact) mass is 458 g/mol. The number of guanidine groups is 1. The van der Waals surface area contributed by atoms with Gasteiger partial charge in [0, 0.05) is 38.2 Å². The summed E-state index contributed by atoms with van der Waals surface area (Å²) in [4.78, 5) is 6.74. The van der Waals surface area contributed by atoms with Crippen molar-refractivity contribution in [3.8, 4) is 0 Å². The van der Waals surface area contributed by atoms with Crippen molar-refractivity contribution < 1.29 is 4.74 Å². The number of ether oxygens (including phenoxy) is 1. The van der Waals surface area contributed by atoms with Crippen LogP contribution in [0.4, 0.5) is 0 Å². The number of nitrogens with zero attached hydrogens (tertiary/aromatic N) is 2. The molecule has 0 amide bonds. The molecule has 5 nitrogen and oxygen atoms in total. The highest BCUT2D eigenvalue weighted by atomic mass is 127. The lowest BCUT2D eigenvalue weighted by Crippen LogP contribution is -2.55. The molecular weight excluding hydrogens is 427 g/mol. The average molecular weight is 458 g/mol. The van der Waals surface area contributed by atoms with Gasteiger partial charge in [0.05, 0.1) is 6.61 Å². The van der Waals surface area contributed by atoms with Crippen LogP contribution in [-0.4, -0.2) is 63.8 Å². The number of halogens is 1. The van der Waals surface area contributed by atoms with Gasteiger partial charge in [0.2, 0.25) is 0 Å². The molecule has 1 heterocycles. The first-order valence-corrected chi connectivity index (χ1v) is 8.89. The van der Waals surface area contributed by atoms with E-state index in [4.69, 9.17) is 4.74 Å².